The van der Waals surface area contributed by atoms with Crippen LogP contribution in [-0.4, -0.2) is 70.2 Å². The van der Waals surface area contributed by atoms with E-state index in [1.807, 2.05) is 4.90 Å². The average Bonchev–Trinajstić information content (AvgIpc) is 3.06. The number of nitrogens with zero attached hydrogens (tertiary/aromatic N) is 5. The minimum Gasteiger partial charge on any atom is -0.497 e. The Morgan fingerprint density at radius 2 is 1.74 bits per heavy atom. The van der Waals surface area contributed by atoms with Crippen molar-refractivity contribution >= 4 is 21.5 Å². The second kappa shape index (κ2) is 14.5. The van der Waals surface area contributed by atoms with Gasteiger partial charge < -0.3 is 19.3 Å². The SMILES string of the molecule is COc1ccc(CN(c2ccncn2)S(=O)(=O)c2c(F)cc(N3CCC[C@](CCC4CCCCC4)(N(C)C)C3)cc2F)c(OC)c1. The molecule has 1 atom stereocenters. The number of sulfonamides is 1. The quantitative estimate of drug-likeness (QED) is 0.220. The second-order valence-electron chi connectivity index (χ2n) is 12.7. The number of ether oxygens (including phenoxy) is 2. The van der Waals surface area contributed by atoms with Crippen molar-refractivity contribution < 1.29 is 26.7 Å². The summed E-state index contributed by atoms with van der Waals surface area (Å²) in [6.45, 7) is 0.946. The number of benzene rings is 2. The number of rotatable bonds is 12. The predicted molar refractivity (Wildman–Crippen MR) is 175 cm³/mol. The molecule has 3 aromatic rings. The Hall–Kier alpha value is -3.51. The number of hydrogen-bond acceptors (Lipinski definition) is 8. The molecular weight excluding hydrogens is 612 g/mol. The summed E-state index contributed by atoms with van der Waals surface area (Å²) in [5, 5.41) is 0. The molecule has 0 bridgehead atoms. The van der Waals surface area contributed by atoms with Crippen LogP contribution in [0.15, 0.2) is 53.8 Å². The number of aromatic nitrogens is 2. The normalized spacial score (nSPS) is 19.3. The fourth-order valence-electron chi connectivity index (χ4n) is 7.02. The molecule has 9 nitrogen and oxygen atoms in total. The van der Waals surface area contributed by atoms with E-state index in [-0.39, 0.29) is 17.9 Å². The highest BCUT2D eigenvalue weighted by atomic mass is 32.2. The Bertz CT molecular complexity index is 1560. The van der Waals surface area contributed by atoms with Crippen LogP contribution >= 0.6 is 0 Å². The Morgan fingerprint density at radius 3 is 2.37 bits per heavy atom. The van der Waals surface area contributed by atoms with Gasteiger partial charge in [-0.15, -0.1) is 0 Å². The smallest absolute Gasteiger partial charge is 0.271 e. The highest BCUT2D eigenvalue weighted by Crippen LogP contribution is 2.38. The van der Waals surface area contributed by atoms with Crippen LogP contribution in [-0.2, 0) is 16.6 Å². The minimum absolute atomic E-state index is 0.0412. The fourth-order valence-corrected chi connectivity index (χ4v) is 8.51. The fraction of sp³-hybridized carbons (Fsp3) is 0.529. The zero-order valence-electron chi connectivity index (χ0n) is 27.2. The van der Waals surface area contributed by atoms with Crippen LogP contribution in [0.1, 0.15) is 63.4 Å². The van der Waals surface area contributed by atoms with Gasteiger partial charge in [-0.1, -0.05) is 32.1 Å². The zero-order chi connectivity index (χ0) is 32.9. The van der Waals surface area contributed by atoms with E-state index < -0.39 is 26.6 Å². The molecule has 2 aliphatic rings. The minimum atomic E-state index is -4.78. The molecule has 1 saturated heterocycles. The van der Waals surface area contributed by atoms with Crippen LogP contribution < -0.4 is 18.7 Å². The summed E-state index contributed by atoms with van der Waals surface area (Å²) in [6.07, 6.45) is 13.0. The second-order valence-corrected chi connectivity index (χ2v) is 14.5. The van der Waals surface area contributed by atoms with Crippen molar-refractivity contribution in [2.45, 2.75) is 74.8 Å². The van der Waals surface area contributed by atoms with Gasteiger partial charge in [-0.25, -0.2) is 31.5 Å². The van der Waals surface area contributed by atoms with Crippen LogP contribution in [0.2, 0.25) is 0 Å². The molecular formula is C34H45F2N5O4S. The number of piperidine rings is 1. The van der Waals surface area contributed by atoms with E-state index in [1.165, 1.54) is 64.9 Å². The molecule has 2 fully saturated rings. The lowest BCUT2D eigenvalue weighted by Crippen LogP contribution is -2.56. The van der Waals surface area contributed by atoms with Gasteiger partial charge in [0.1, 0.15) is 35.3 Å². The number of anilines is 2. The van der Waals surface area contributed by atoms with Gasteiger partial charge in [-0.05, 0) is 70.0 Å². The lowest BCUT2D eigenvalue weighted by molar-refractivity contribution is 0.103. The van der Waals surface area contributed by atoms with Gasteiger partial charge in [-0.3, -0.25) is 0 Å². The van der Waals surface area contributed by atoms with Crippen LogP contribution in [0.25, 0.3) is 0 Å². The summed E-state index contributed by atoms with van der Waals surface area (Å²) < 4.78 is 71.8. The molecule has 1 saturated carbocycles. The summed E-state index contributed by atoms with van der Waals surface area (Å²) in [5.74, 6) is -0.757. The molecule has 1 aliphatic heterocycles. The number of hydrogen-bond donors (Lipinski definition) is 0. The zero-order valence-corrected chi connectivity index (χ0v) is 28.0. The molecule has 0 radical (unpaired) electrons. The van der Waals surface area contributed by atoms with E-state index >= 15 is 8.78 Å². The third-order valence-electron chi connectivity index (χ3n) is 9.77. The molecule has 250 valence electrons. The molecule has 0 spiro atoms. The first kappa shape index (κ1) is 33.8. The molecule has 0 unspecified atom stereocenters. The lowest BCUT2D eigenvalue weighted by atomic mass is 9.78. The van der Waals surface area contributed by atoms with Crippen LogP contribution in [0.5, 0.6) is 11.5 Å². The molecule has 12 heteroatoms. The molecule has 2 aromatic carbocycles. The van der Waals surface area contributed by atoms with Gasteiger partial charge in [-0.2, -0.15) is 0 Å². The summed E-state index contributed by atoms with van der Waals surface area (Å²) in [7, 11) is 2.34. The van der Waals surface area contributed by atoms with Crippen molar-refractivity contribution in [3.63, 3.8) is 0 Å². The Morgan fingerprint density at radius 1 is 1.00 bits per heavy atom. The van der Waals surface area contributed by atoms with Gasteiger partial charge >= 0.3 is 0 Å². The van der Waals surface area contributed by atoms with E-state index in [2.05, 4.69) is 29.0 Å². The van der Waals surface area contributed by atoms with Crippen LogP contribution in [0.4, 0.5) is 20.3 Å². The van der Waals surface area contributed by atoms with Gasteiger partial charge in [0.2, 0.25) is 0 Å². The molecule has 1 aromatic heterocycles. The third-order valence-corrected chi connectivity index (χ3v) is 11.6. The van der Waals surface area contributed by atoms with Gasteiger partial charge in [0, 0.05) is 48.2 Å². The molecule has 0 N–H and O–H groups in total. The molecule has 46 heavy (non-hydrogen) atoms. The number of methoxy groups -OCH3 is 2. The van der Waals surface area contributed by atoms with Gasteiger partial charge in [0.25, 0.3) is 10.0 Å². The maximum atomic E-state index is 16.0. The van der Waals surface area contributed by atoms with E-state index in [0.717, 1.165) is 48.0 Å². The molecule has 2 heterocycles. The summed E-state index contributed by atoms with van der Waals surface area (Å²) in [4.78, 5) is 11.2. The Labute approximate surface area is 271 Å². The van der Waals surface area contributed by atoms with Gasteiger partial charge in [0.05, 0.1) is 20.8 Å². The molecule has 1 aliphatic carbocycles. The Kier molecular flexibility index (Phi) is 10.7. The molecule has 5 rings (SSSR count). The van der Waals surface area contributed by atoms with Crippen molar-refractivity contribution in [3.05, 3.63) is 66.1 Å². The maximum absolute atomic E-state index is 16.0. The first-order valence-electron chi connectivity index (χ1n) is 16.0. The first-order valence-corrected chi connectivity index (χ1v) is 17.4. The highest BCUT2D eigenvalue weighted by molar-refractivity contribution is 7.92. The summed E-state index contributed by atoms with van der Waals surface area (Å²) in [6, 6.07) is 8.57. The van der Waals surface area contributed by atoms with Crippen molar-refractivity contribution in [1.29, 1.82) is 0 Å². The van der Waals surface area contributed by atoms with E-state index in [0.29, 0.717) is 35.8 Å². The number of likely N-dealkylation sites (N-methyl/N-ethyl adjacent to an activating group) is 1. The van der Waals surface area contributed by atoms with Crippen molar-refractivity contribution in [2.24, 2.45) is 5.92 Å². The standard InChI is InChI=1S/C34H45F2N5O4S/c1-39(2)34(16-13-25-9-6-5-7-10-25)15-8-18-40(23-34)27-19-29(35)33(30(36)20-27)46(42,43)41(32-14-17-37-24-38-32)22-26-11-12-28(44-3)21-31(26)45-4/h11-12,14,17,19-21,24-25H,5-10,13,15-16,18,22-23H2,1-4H3/t34-/m1/s1. The van der Waals surface area contributed by atoms with Crippen molar-refractivity contribution in [1.82, 2.24) is 14.9 Å². The number of halogens is 2. The summed E-state index contributed by atoms with van der Waals surface area (Å²) >= 11 is 0. The van der Waals surface area contributed by atoms with E-state index in [9.17, 15) is 8.42 Å². The molecule has 0 amide bonds. The largest absolute Gasteiger partial charge is 0.497 e. The van der Waals surface area contributed by atoms with Crippen LogP contribution in [0.3, 0.4) is 0 Å². The first-order chi connectivity index (χ1) is 22.1. The Balaban J connectivity index is 1.45. The van der Waals surface area contributed by atoms with Crippen molar-refractivity contribution in [3.8, 4) is 11.5 Å². The topological polar surface area (TPSA) is 88.1 Å². The maximum Gasteiger partial charge on any atom is 0.271 e. The highest BCUT2D eigenvalue weighted by Gasteiger charge is 2.39. The summed E-state index contributed by atoms with van der Waals surface area (Å²) in [5.41, 5.74) is 0.654. The average molecular weight is 658 g/mol. The van der Waals surface area contributed by atoms with E-state index in [1.54, 1.807) is 18.2 Å². The third kappa shape index (κ3) is 7.22. The predicted octanol–water partition coefficient (Wildman–Crippen LogP) is 6.43. The van der Waals surface area contributed by atoms with Crippen LogP contribution in [0, 0.1) is 17.6 Å². The lowest BCUT2D eigenvalue weighted by Gasteiger charge is -2.48. The van der Waals surface area contributed by atoms with Crippen molar-refractivity contribution in [2.75, 3.05) is 50.6 Å². The van der Waals surface area contributed by atoms with E-state index in [4.69, 9.17) is 9.47 Å². The monoisotopic (exact) mass is 657 g/mol. The van der Waals surface area contributed by atoms with Gasteiger partial charge in [0.15, 0.2) is 4.90 Å².